The van der Waals surface area contributed by atoms with Crippen molar-refractivity contribution in [3.63, 3.8) is 0 Å². The molecule has 0 unspecified atom stereocenters. The van der Waals surface area contributed by atoms with E-state index < -0.39 is 0 Å². The molecule has 3 rings (SSSR count). The van der Waals surface area contributed by atoms with E-state index in [9.17, 15) is 0 Å². The van der Waals surface area contributed by atoms with E-state index in [1.165, 1.54) is 11.3 Å². The maximum atomic E-state index is 4.26. The predicted molar refractivity (Wildman–Crippen MR) is 87.7 cm³/mol. The Hall–Kier alpha value is -2.07. The summed E-state index contributed by atoms with van der Waals surface area (Å²) >= 11 is 0. The first-order valence-electron chi connectivity index (χ1n) is 7.50. The summed E-state index contributed by atoms with van der Waals surface area (Å²) in [5, 5.41) is 3.10. The first-order valence-corrected chi connectivity index (χ1v) is 7.50. The maximum Gasteiger partial charge on any atom is 0.125 e. The van der Waals surface area contributed by atoms with Crippen LogP contribution < -0.4 is 10.2 Å². The smallest absolute Gasteiger partial charge is 0.125 e. The standard InChI is InChI=1S/C17H22N4/c1-18-17-13-15(7-8-19-17)14-20-9-11-21(12-10-20)16-5-3-2-4-6-16/h2-8,13H,9-12,14H2,1H3,(H,18,19). The Balaban J connectivity index is 1.56. The molecule has 0 saturated carbocycles. The number of hydrogen-bond donors (Lipinski definition) is 1. The van der Waals surface area contributed by atoms with Crippen molar-refractivity contribution < 1.29 is 0 Å². The average molecular weight is 282 g/mol. The predicted octanol–water partition coefficient (Wildman–Crippen LogP) is 2.45. The third-order valence-corrected chi connectivity index (χ3v) is 3.98. The number of benzene rings is 1. The minimum Gasteiger partial charge on any atom is -0.373 e. The molecule has 1 saturated heterocycles. The summed E-state index contributed by atoms with van der Waals surface area (Å²) in [4.78, 5) is 9.23. The van der Waals surface area contributed by atoms with Gasteiger partial charge in [-0.25, -0.2) is 4.98 Å². The Bertz CT molecular complexity index is 562. The highest BCUT2D eigenvalue weighted by molar-refractivity contribution is 5.46. The monoisotopic (exact) mass is 282 g/mol. The Morgan fingerprint density at radius 2 is 1.81 bits per heavy atom. The number of nitrogens with zero attached hydrogens (tertiary/aromatic N) is 3. The van der Waals surface area contributed by atoms with Crippen LogP contribution in [-0.2, 0) is 6.54 Å². The van der Waals surface area contributed by atoms with Crippen molar-refractivity contribution in [1.29, 1.82) is 0 Å². The van der Waals surface area contributed by atoms with E-state index in [1.807, 2.05) is 13.2 Å². The second kappa shape index (κ2) is 6.59. The van der Waals surface area contributed by atoms with E-state index in [0.29, 0.717) is 0 Å². The zero-order valence-electron chi connectivity index (χ0n) is 12.5. The highest BCUT2D eigenvalue weighted by Crippen LogP contribution is 2.17. The summed E-state index contributed by atoms with van der Waals surface area (Å²) in [5.41, 5.74) is 2.65. The number of pyridine rings is 1. The second-order valence-electron chi connectivity index (χ2n) is 5.40. The van der Waals surface area contributed by atoms with Gasteiger partial charge in [-0.1, -0.05) is 18.2 Å². The highest BCUT2D eigenvalue weighted by Gasteiger charge is 2.17. The molecule has 0 spiro atoms. The Morgan fingerprint density at radius 3 is 2.52 bits per heavy atom. The molecule has 1 aliphatic rings. The fourth-order valence-electron chi connectivity index (χ4n) is 2.77. The lowest BCUT2D eigenvalue weighted by molar-refractivity contribution is 0.250. The molecule has 21 heavy (non-hydrogen) atoms. The summed E-state index contributed by atoms with van der Waals surface area (Å²) < 4.78 is 0. The molecule has 2 aromatic rings. The first-order chi connectivity index (χ1) is 10.3. The van der Waals surface area contributed by atoms with E-state index in [4.69, 9.17) is 0 Å². The summed E-state index contributed by atoms with van der Waals surface area (Å²) in [6.45, 7) is 5.39. The van der Waals surface area contributed by atoms with Crippen molar-refractivity contribution in [2.45, 2.75) is 6.54 Å². The first kappa shape index (κ1) is 13.9. The van der Waals surface area contributed by atoms with E-state index in [-0.39, 0.29) is 0 Å². The van der Waals surface area contributed by atoms with Gasteiger partial charge < -0.3 is 10.2 Å². The fourth-order valence-corrected chi connectivity index (χ4v) is 2.77. The zero-order valence-corrected chi connectivity index (χ0v) is 12.5. The van der Waals surface area contributed by atoms with Gasteiger partial charge in [-0.05, 0) is 29.8 Å². The van der Waals surface area contributed by atoms with Gasteiger partial charge in [0, 0.05) is 51.7 Å². The van der Waals surface area contributed by atoms with Gasteiger partial charge in [-0.2, -0.15) is 0 Å². The minimum atomic E-state index is 0.940. The second-order valence-corrected chi connectivity index (χ2v) is 5.40. The lowest BCUT2D eigenvalue weighted by Gasteiger charge is -2.36. The van der Waals surface area contributed by atoms with Crippen molar-refractivity contribution in [3.05, 3.63) is 54.2 Å². The van der Waals surface area contributed by atoms with Crippen LogP contribution in [0.2, 0.25) is 0 Å². The molecule has 1 aromatic heterocycles. The van der Waals surface area contributed by atoms with Gasteiger partial charge in [-0.3, -0.25) is 4.90 Å². The van der Waals surface area contributed by atoms with E-state index >= 15 is 0 Å². The van der Waals surface area contributed by atoms with Crippen molar-refractivity contribution in [2.24, 2.45) is 0 Å². The van der Waals surface area contributed by atoms with Crippen molar-refractivity contribution >= 4 is 11.5 Å². The van der Waals surface area contributed by atoms with E-state index in [0.717, 1.165) is 38.5 Å². The van der Waals surface area contributed by atoms with Gasteiger partial charge in [0.15, 0.2) is 0 Å². The molecule has 0 radical (unpaired) electrons. The summed E-state index contributed by atoms with van der Waals surface area (Å²) in [6.07, 6.45) is 1.88. The summed E-state index contributed by atoms with van der Waals surface area (Å²) in [6, 6.07) is 14.9. The number of para-hydroxylation sites is 1. The van der Waals surface area contributed by atoms with Gasteiger partial charge in [0.1, 0.15) is 5.82 Å². The topological polar surface area (TPSA) is 31.4 Å². The molecular formula is C17H22N4. The molecule has 0 aliphatic carbocycles. The van der Waals surface area contributed by atoms with Crippen LogP contribution in [0.3, 0.4) is 0 Å². The molecule has 4 heteroatoms. The number of anilines is 2. The minimum absolute atomic E-state index is 0.940. The van der Waals surface area contributed by atoms with Crippen molar-refractivity contribution in [1.82, 2.24) is 9.88 Å². The largest absolute Gasteiger partial charge is 0.373 e. The lowest BCUT2D eigenvalue weighted by atomic mass is 10.2. The Kier molecular flexibility index (Phi) is 4.36. The zero-order chi connectivity index (χ0) is 14.5. The number of piperazine rings is 1. The molecule has 0 amide bonds. The van der Waals surface area contributed by atoms with Crippen molar-refractivity contribution in [3.8, 4) is 0 Å². The fraction of sp³-hybridized carbons (Fsp3) is 0.353. The number of hydrogen-bond acceptors (Lipinski definition) is 4. The molecular weight excluding hydrogens is 260 g/mol. The molecule has 4 nitrogen and oxygen atoms in total. The van der Waals surface area contributed by atoms with Gasteiger partial charge in [0.25, 0.3) is 0 Å². The molecule has 110 valence electrons. The van der Waals surface area contributed by atoms with Crippen LogP contribution in [0.25, 0.3) is 0 Å². The highest BCUT2D eigenvalue weighted by atomic mass is 15.3. The average Bonchev–Trinajstić information content (AvgIpc) is 2.56. The SMILES string of the molecule is CNc1cc(CN2CCN(c3ccccc3)CC2)ccn1. The molecule has 1 N–H and O–H groups in total. The molecule has 0 atom stereocenters. The molecule has 1 aliphatic heterocycles. The summed E-state index contributed by atoms with van der Waals surface area (Å²) in [7, 11) is 1.91. The van der Waals surface area contributed by atoms with Crippen LogP contribution in [0, 0.1) is 0 Å². The van der Waals surface area contributed by atoms with Gasteiger partial charge in [0.05, 0.1) is 0 Å². The molecule has 1 aromatic carbocycles. The van der Waals surface area contributed by atoms with Crippen LogP contribution in [0.1, 0.15) is 5.56 Å². The Morgan fingerprint density at radius 1 is 1.05 bits per heavy atom. The quantitative estimate of drug-likeness (QED) is 0.933. The van der Waals surface area contributed by atoms with Crippen LogP contribution in [0.4, 0.5) is 11.5 Å². The maximum absolute atomic E-state index is 4.26. The van der Waals surface area contributed by atoms with Crippen LogP contribution in [-0.4, -0.2) is 43.1 Å². The lowest BCUT2D eigenvalue weighted by Crippen LogP contribution is -2.45. The number of nitrogens with one attached hydrogen (secondary N) is 1. The van der Waals surface area contributed by atoms with Gasteiger partial charge >= 0.3 is 0 Å². The molecule has 0 bridgehead atoms. The normalized spacial score (nSPS) is 16.0. The van der Waals surface area contributed by atoms with E-state index in [2.05, 4.69) is 62.6 Å². The van der Waals surface area contributed by atoms with Gasteiger partial charge in [0.2, 0.25) is 0 Å². The van der Waals surface area contributed by atoms with Crippen molar-refractivity contribution in [2.75, 3.05) is 43.4 Å². The van der Waals surface area contributed by atoms with Crippen LogP contribution in [0.5, 0.6) is 0 Å². The molecule has 1 fully saturated rings. The molecule has 2 heterocycles. The number of aromatic nitrogens is 1. The van der Waals surface area contributed by atoms with Crippen LogP contribution >= 0.6 is 0 Å². The van der Waals surface area contributed by atoms with E-state index in [1.54, 1.807) is 0 Å². The van der Waals surface area contributed by atoms with Crippen LogP contribution in [0.15, 0.2) is 48.7 Å². The third kappa shape index (κ3) is 3.52. The van der Waals surface area contributed by atoms with Gasteiger partial charge in [-0.15, -0.1) is 0 Å². The Labute approximate surface area is 126 Å². The third-order valence-electron chi connectivity index (χ3n) is 3.98. The summed E-state index contributed by atoms with van der Waals surface area (Å²) in [5.74, 6) is 0.940. The number of rotatable bonds is 4.